The topological polar surface area (TPSA) is 79.3 Å². The molecule has 3 aromatic heterocycles. The van der Waals surface area contributed by atoms with Crippen molar-refractivity contribution in [2.45, 2.75) is 75.7 Å². The van der Waals surface area contributed by atoms with Crippen molar-refractivity contribution in [2.75, 3.05) is 37.7 Å². The predicted molar refractivity (Wildman–Crippen MR) is 145 cm³/mol. The maximum atomic E-state index is 16.4. The largest absolute Gasteiger partial charge is 0.461 e. The number of hydrogen-bond donors (Lipinski definition) is 1. The number of nitrogens with zero attached hydrogens (tertiary/aromatic N) is 6. The first kappa shape index (κ1) is 25.0. The molecule has 7 rings (SSSR count). The molecular formula is C29H35F2N7O. The summed E-state index contributed by atoms with van der Waals surface area (Å²) in [6, 6.07) is 4.55. The molecule has 2 bridgehead atoms. The summed E-state index contributed by atoms with van der Waals surface area (Å²) in [5.74, 6) is 0.255. The van der Waals surface area contributed by atoms with Crippen LogP contribution < -0.4 is 15.0 Å². The molecule has 39 heavy (non-hydrogen) atoms. The van der Waals surface area contributed by atoms with Crippen LogP contribution in [-0.4, -0.2) is 81.4 Å². The van der Waals surface area contributed by atoms with Crippen LogP contribution in [0.15, 0.2) is 24.5 Å². The highest BCUT2D eigenvalue weighted by Gasteiger charge is 2.49. The first-order valence-electron chi connectivity index (χ1n) is 14.2. The Bertz CT molecular complexity index is 1390. The van der Waals surface area contributed by atoms with E-state index in [0.717, 1.165) is 51.0 Å². The Kier molecular flexibility index (Phi) is 6.15. The molecule has 0 amide bonds. The lowest BCUT2D eigenvalue weighted by Crippen LogP contribution is -2.51. The van der Waals surface area contributed by atoms with Gasteiger partial charge in [-0.3, -0.25) is 14.9 Å². The third-order valence-corrected chi connectivity index (χ3v) is 9.03. The fourth-order valence-electron chi connectivity index (χ4n) is 7.21. The number of rotatable bonds is 6. The molecule has 1 N–H and O–H groups in total. The number of halogens is 2. The quantitative estimate of drug-likeness (QED) is 0.502. The van der Waals surface area contributed by atoms with Gasteiger partial charge in [0.2, 0.25) is 0 Å². The SMILES string of the molecule is CC(C)c1ncccc1-c1ncc2c(N3C[C@H]4CC[C@@H](C3)N4)nc(OCC34CCCN3C[C@H](F)C4)nc2c1F. The Labute approximate surface area is 227 Å². The molecule has 4 aliphatic rings. The summed E-state index contributed by atoms with van der Waals surface area (Å²) in [5.41, 5.74) is 1.53. The monoisotopic (exact) mass is 535 g/mol. The van der Waals surface area contributed by atoms with Gasteiger partial charge < -0.3 is 15.0 Å². The second-order valence-electron chi connectivity index (χ2n) is 12.0. The number of alkyl halides is 1. The second kappa shape index (κ2) is 9.59. The zero-order chi connectivity index (χ0) is 26.7. The number of aromatic nitrogens is 4. The maximum absolute atomic E-state index is 16.4. The average molecular weight is 536 g/mol. The third kappa shape index (κ3) is 4.32. The minimum atomic E-state index is -0.848. The van der Waals surface area contributed by atoms with E-state index in [0.29, 0.717) is 48.4 Å². The van der Waals surface area contributed by atoms with Crippen molar-refractivity contribution >= 4 is 16.7 Å². The zero-order valence-electron chi connectivity index (χ0n) is 22.5. The summed E-state index contributed by atoms with van der Waals surface area (Å²) >= 11 is 0. The number of pyridine rings is 2. The molecule has 7 heterocycles. The normalized spacial score (nSPS) is 28.5. The smallest absolute Gasteiger partial charge is 0.319 e. The van der Waals surface area contributed by atoms with Gasteiger partial charge in [0.25, 0.3) is 0 Å². The molecule has 0 spiro atoms. The molecule has 0 radical (unpaired) electrons. The van der Waals surface area contributed by atoms with Gasteiger partial charge in [0.05, 0.1) is 16.6 Å². The van der Waals surface area contributed by atoms with Crippen molar-refractivity contribution in [3.63, 3.8) is 0 Å². The Morgan fingerprint density at radius 1 is 1.15 bits per heavy atom. The van der Waals surface area contributed by atoms with Crippen LogP contribution in [0.2, 0.25) is 0 Å². The second-order valence-corrected chi connectivity index (χ2v) is 12.0. The number of anilines is 1. The zero-order valence-corrected chi connectivity index (χ0v) is 22.5. The van der Waals surface area contributed by atoms with E-state index >= 15 is 4.39 Å². The fourth-order valence-corrected chi connectivity index (χ4v) is 7.21. The molecule has 0 aromatic carbocycles. The van der Waals surface area contributed by atoms with Crippen molar-refractivity contribution in [1.82, 2.24) is 30.2 Å². The van der Waals surface area contributed by atoms with E-state index in [2.05, 4.69) is 30.1 Å². The highest BCUT2D eigenvalue weighted by Crippen LogP contribution is 2.41. The van der Waals surface area contributed by atoms with Gasteiger partial charge in [-0.2, -0.15) is 9.97 Å². The number of hydrogen-bond acceptors (Lipinski definition) is 8. The summed E-state index contributed by atoms with van der Waals surface area (Å²) < 4.78 is 37.0. The van der Waals surface area contributed by atoms with Crippen molar-refractivity contribution in [1.29, 1.82) is 0 Å². The van der Waals surface area contributed by atoms with Crippen LogP contribution in [0.4, 0.5) is 14.6 Å². The molecule has 3 aromatic rings. The van der Waals surface area contributed by atoms with Gasteiger partial charge in [-0.05, 0) is 50.3 Å². The summed E-state index contributed by atoms with van der Waals surface area (Å²) in [5, 5.41) is 4.22. The Balaban J connectivity index is 1.31. The predicted octanol–water partition coefficient (Wildman–Crippen LogP) is 4.25. The van der Waals surface area contributed by atoms with Crippen LogP contribution >= 0.6 is 0 Å². The molecule has 4 saturated heterocycles. The van der Waals surface area contributed by atoms with Crippen LogP contribution in [0, 0.1) is 5.82 Å². The molecule has 0 saturated carbocycles. The van der Waals surface area contributed by atoms with Crippen molar-refractivity contribution in [2.24, 2.45) is 0 Å². The third-order valence-electron chi connectivity index (χ3n) is 9.03. The number of ether oxygens (including phenoxy) is 1. The van der Waals surface area contributed by atoms with Crippen molar-refractivity contribution in [3.05, 3.63) is 36.0 Å². The van der Waals surface area contributed by atoms with Crippen LogP contribution in [-0.2, 0) is 0 Å². The van der Waals surface area contributed by atoms with E-state index < -0.39 is 12.0 Å². The van der Waals surface area contributed by atoms with Gasteiger partial charge in [-0.1, -0.05) is 13.8 Å². The highest BCUT2D eigenvalue weighted by molar-refractivity contribution is 5.92. The molecule has 4 atom stereocenters. The van der Waals surface area contributed by atoms with Gasteiger partial charge in [0.15, 0.2) is 5.82 Å². The van der Waals surface area contributed by atoms with Gasteiger partial charge in [0.1, 0.15) is 29.8 Å². The van der Waals surface area contributed by atoms with E-state index in [1.807, 2.05) is 19.9 Å². The van der Waals surface area contributed by atoms with Gasteiger partial charge in [-0.15, -0.1) is 0 Å². The number of piperazine rings is 1. The van der Waals surface area contributed by atoms with E-state index in [1.165, 1.54) is 0 Å². The summed E-state index contributed by atoms with van der Waals surface area (Å²) in [6.07, 6.45) is 7.16. The molecule has 4 aliphatic heterocycles. The molecule has 0 aliphatic carbocycles. The first-order valence-corrected chi connectivity index (χ1v) is 14.2. The average Bonchev–Trinajstić information content (AvgIpc) is 3.58. The minimum absolute atomic E-state index is 0.105. The van der Waals surface area contributed by atoms with E-state index in [1.54, 1.807) is 18.5 Å². The maximum Gasteiger partial charge on any atom is 0.319 e. The standard InChI is InChI=1S/C29H35F2N7O/c1-17(2)24-21(5-3-9-32-24)25-23(31)26-22(12-33-25)27(37-14-19-6-7-20(15-37)34-19)36-28(35-26)39-16-29-8-4-10-38(29)13-18(30)11-29/h3,5,9,12,17-20,34H,4,6-8,10-11,13-16H2,1-2H3/t18-,19-,20+,29?/m1/s1. The Morgan fingerprint density at radius 3 is 2.77 bits per heavy atom. The van der Waals surface area contributed by atoms with E-state index in [4.69, 9.17) is 9.72 Å². The lowest BCUT2D eigenvalue weighted by atomic mass is 9.95. The minimum Gasteiger partial charge on any atom is -0.461 e. The van der Waals surface area contributed by atoms with E-state index in [-0.39, 0.29) is 28.7 Å². The Hall–Kier alpha value is -2.98. The lowest BCUT2D eigenvalue weighted by molar-refractivity contribution is 0.107. The van der Waals surface area contributed by atoms with Gasteiger partial charge in [0, 0.05) is 56.1 Å². The van der Waals surface area contributed by atoms with Crippen LogP contribution in [0.1, 0.15) is 57.6 Å². The van der Waals surface area contributed by atoms with Crippen molar-refractivity contribution < 1.29 is 13.5 Å². The molecule has 4 fully saturated rings. The number of nitrogens with one attached hydrogen (secondary N) is 1. The van der Waals surface area contributed by atoms with Gasteiger partial charge >= 0.3 is 6.01 Å². The highest BCUT2D eigenvalue weighted by atomic mass is 19.1. The lowest BCUT2D eigenvalue weighted by Gasteiger charge is -2.34. The first-order chi connectivity index (χ1) is 18.9. The summed E-state index contributed by atoms with van der Waals surface area (Å²) in [6.45, 7) is 7.26. The van der Waals surface area contributed by atoms with Gasteiger partial charge in [-0.25, -0.2) is 8.78 Å². The molecule has 206 valence electrons. The Morgan fingerprint density at radius 2 is 1.97 bits per heavy atom. The molecular weight excluding hydrogens is 500 g/mol. The summed E-state index contributed by atoms with van der Waals surface area (Å²) in [7, 11) is 0. The van der Waals surface area contributed by atoms with Crippen molar-refractivity contribution in [3.8, 4) is 17.3 Å². The summed E-state index contributed by atoms with van der Waals surface area (Å²) in [4.78, 5) is 23.0. The van der Waals surface area contributed by atoms with Crippen LogP contribution in [0.5, 0.6) is 6.01 Å². The molecule has 8 nitrogen and oxygen atoms in total. The number of fused-ring (bicyclic) bond motifs is 4. The van der Waals surface area contributed by atoms with Crippen LogP contribution in [0.25, 0.3) is 22.2 Å². The molecule has 1 unspecified atom stereocenters. The fraction of sp³-hybridized carbons (Fsp3) is 0.586. The molecule has 10 heteroatoms. The van der Waals surface area contributed by atoms with E-state index in [9.17, 15) is 4.39 Å². The van der Waals surface area contributed by atoms with Crippen LogP contribution in [0.3, 0.4) is 0 Å².